The summed E-state index contributed by atoms with van der Waals surface area (Å²) in [7, 11) is 1.71. The average molecular weight is 749 g/mol. The first-order valence-corrected chi connectivity index (χ1v) is 18.4. The number of alkyl carbamates (subject to hydrolysis) is 1. The van der Waals surface area contributed by atoms with Crippen molar-refractivity contribution in [3.8, 4) is 11.1 Å². The number of hydrogen-bond donors (Lipinski definition) is 1. The molecule has 0 atom stereocenters. The lowest BCUT2D eigenvalue weighted by molar-refractivity contribution is -0.0233. The van der Waals surface area contributed by atoms with Crippen molar-refractivity contribution in [2.45, 2.75) is 32.3 Å². The van der Waals surface area contributed by atoms with Crippen LogP contribution in [0.1, 0.15) is 37.8 Å². The summed E-state index contributed by atoms with van der Waals surface area (Å²) in [6.45, 7) is 13.8. The van der Waals surface area contributed by atoms with Crippen LogP contribution in [0.5, 0.6) is 0 Å². The van der Waals surface area contributed by atoms with Gasteiger partial charge in [0.1, 0.15) is 12.2 Å². The molecule has 0 aromatic heterocycles. The van der Waals surface area contributed by atoms with E-state index in [1.807, 2.05) is 45.0 Å². The van der Waals surface area contributed by atoms with Crippen LogP contribution in [0.3, 0.4) is 0 Å². The summed E-state index contributed by atoms with van der Waals surface area (Å²) < 4.78 is 54.8. The Bertz CT molecular complexity index is 1250. The van der Waals surface area contributed by atoms with Crippen LogP contribution in [-0.2, 0) is 47.4 Å². The van der Waals surface area contributed by atoms with E-state index in [-0.39, 0.29) is 12.0 Å². The molecule has 0 saturated carbocycles. The molecule has 2 aromatic carbocycles. The Hall–Kier alpha value is -3.34. The molecule has 0 bridgehead atoms. The molecule has 1 N–H and O–H groups in total. The van der Waals surface area contributed by atoms with Gasteiger partial charge in [0.05, 0.1) is 106 Å². The molecular weight excluding hydrogens is 688 g/mol. The maximum Gasteiger partial charge on any atom is 0.409 e. The number of amides is 2. The number of likely N-dealkylation sites (N-methyl/N-ethyl adjacent to an activating group) is 1. The van der Waals surface area contributed by atoms with Crippen LogP contribution in [0.2, 0.25) is 0 Å². The fourth-order valence-electron chi connectivity index (χ4n) is 5.18. The second-order valence-electron chi connectivity index (χ2n) is 13.1. The molecule has 14 heteroatoms. The third-order valence-electron chi connectivity index (χ3n) is 7.74. The molecule has 298 valence electrons. The Morgan fingerprint density at radius 3 is 1.38 bits per heavy atom. The molecule has 0 heterocycles. The van der Waals surface area contributed by atoms with Crippen molar-refractivity contribution < 1.29 is 57.0 Å². The SMILES string of the molecule is CN(CCOCCOCCOCCOCCOCCOCCOCCOCCNC(=O)OC(C)(C)C)C(=O)OCC1c2ccccc2-c2ccccc21. The quantitative estimate of drug-likeness (QED) is 0.117. The van der Waals surface area contributed by atoms with Gasteiger partial charge in [0.2, 0.25) is 0 Å². The zero-order valence-corrected chi connectivity index (χ0v) is 32.0. The normalized spacial score (nSPS) is 12.4. The van der Waals surface area contributed by atoms with Gasteiger partial charge in [-0.3, -0.25) is 0 Å². The average Bonchev–Trinajstić information content (AvgIpc) is 3.46. The van der Waals surface area contributed by atoms with Gasteiger partial charge in [0.25, 0.3) is 0 Å². The number of ether oxygens (including phenoxy) is 10. The van der Waals surface area contributed by atoms with E-state index in [4.69, 9.17) is 47.4 Å². The first kappa shape index (κ1) is 44.1. The van der Waals surface area contributed by atoms with Crippen molar-refractivity contribution in [3.63, 3.8) is 0 Å². The minimum Gasteiger partial charge on any atom is -0.448 e. The second-order valence-corrected chi connectivity index (χ2v) is 13.1. The number of carbonyl (C=O) groups is 2. The molecule has 14 nitrogen and oxygen atoms in total. The Kier molecular flexibility index (Phi) is 22.0. The van der Waals surface area contributed by atoms with E-state index in [0.29, 0.717) is 125 Å². The van der Waals surface area contributed by atoms with Gasteiger partial charge in [-0.1, -0.05) is 48.5 Å². The lowest BCUT2D eigenvalue weighted by Gasteiger charge is -2.19. The van der Waals surface area contributed by atoms with Gasteiger partial charge in [-0.15, -0.1) is 0 Å². The minimum atomic E-state index is -0.517. The molecule has 3 rings (SSSR count). The molecule has 0 saturated heterocycles. The molecule has 2 aromatic rings. The van der Waals surface area contributed by atoms with Crippen molar-refractivity contribution in [3.05, 3.63) is 59.7 Å². The van der Waals surface area contributed by atoms with Crippen molar-refractivity contribution in [1.29, 1.82) is 0 Å². The Morgan fingerprint density at radius 2 is 0.962 bits per heavy atom. The highest BCUT2D eigenvalue weighted by Crippen LogP contribution is 2.44. The van der Waals surface area contributed by atoms with Crippen molar-refractivity contribution in [2.75, 3.05) is 132 Å². The highest BCUT2D eigenvalue weighted by atomic mass is 16.6. The number of fused-ring (bicyclic) bond motifs is 3. The summed E-state index contributed by atoms with van der Waals surface area (Å²) >= 11 is 0. The maximum absolute atomic E-state index is 12.6. The molecule has 2 amide bonds. The highest BCUT2D eigenvalue weighted by molar-refractivity contribution is 5.79. The molecule has 0 radical (unpaired) electrons. The van der Waals surface area contributed by atoms with Gasteiger partial charge >= 0.3 is 12.2 Å². The van der Waals surface area contributed by atoms with E-state index in [0.717, 1.165) is 0 Å². The summed E-state index contributed by atoms with van der Waals surface area (Å²) in [5.74, 6) is 0.0357. The lowest BCUT2D eigenvalue weighted by atomic mass is 9.98. The number of carbonyl (C=O) groups excluding carboxylic acids is 2. The molecule has 1 aliphatic carbocycles. The molecule has 0 unspecified atom stereocenters. The molecule has 0 spiro atoms. The molecule has 53 heavy (non-hydrogen) atoms. The zero-order chi connectivity index (χ0) is 38.0. The predicted octanol–water partition coefficient (Wildman–Crippen LogP) is 4.52. The van der Waals surface area contributed by atoms with E-state index >= 15 is 0 Å². The summed E-state index contributed by atoms with van der Waals surface area (Å²) in [6.07, 6.45) is -0.824. The molecule has 1 aliphatic rings. The Balaban J connectivity index is 0.995. The van der Waals surface area contributed by atoms with E-state index in [2.05, 4.69) is 29.6 Å². The van der Waals surface area contributed by atoms with Crippen LogP contribution in [0.15, 0.2) is 48.5 Å². The fraction of sp³-hybridized carbons (Fsp3) is 0.641. The zero-order valence-electron chi connectivity index (χ0n) is 32.0. The van der Waals surface area contributed by atoms with E-state index in [9.17, 15) is 9.59 Å². The summed E-state index contributed by atoms with van der Waals surface area (Å²) in [4.78, 5) is 25.6. The Morgan fingerprint density at radius 1 is 0.585 bits per heavy atom. The molecule has 0 fully saturated rings. The van der Waals surface area contributed by atoms with E-state index < -0.39 is 11.7 Å². The molecular formula is C39H60N2O12. The third kappa shape index (κ3) is 19.0. The predicted molar refractivity (Wildman–Crippen MR) is 198 cm³/mol. The number of benzene rings is 2. The van der Waals surface area contributed by atoms with Crippen molar-refractivity contribution in [2.24, 2.45) is 0 Å². The van der Waals surface area contributed by atoms with Crippen LogP contribution >= 0.6 is 0 Å². The topological polar surface area (TPSA) is 142 Å². The van der Waals surface area contributed by atoms with Crippen molar-refractivity contribution in [1.82, 2.24) is 10.2 Å². The van der Waals surface area contributed by atoms with Crippen LogP contribution in [0, 0.1) is 0 Å². The highest BCUT2D eigenvalue weighted by Gasteiger charge is 2.29. The number of nitrogens with one attached hydrogen (secondary N) is 1. The molecule has 0 aliphatic heterocycles. The summed E-state index contributed by atoms with van der Waals surface area (Å²) in [6, 6.07) is 16.6. The number of nitrogens with zero attached hydrogens (tertiary/aromatic N) is 1. The third-order valence-corrected chi connectivity index (χ3v) is 7.74. The lowest BCUT2D eigenvalue weighted by Crippen LogP contribution is -2.34. The van der Waals surface area contributed by atoms with Crippen LogP contribution < -0.4 is 5.32 Å². The number of rotatable bonds is 29. The largest absolute Gasteiger partial charge is 0.448 e. The first-order valence-electron chi connectivity index (χ1n) is 18.4. The van der Waals surface area contributed by atoms with E-state index in [1.165, 1.54) is 27.2 Å². The van der Waals surface area contributed by atoms with Crippen LogP contribution in [-0.4, -0.2) is 155 Å². The monoisotopic (exact) mass is 748 g/mol. The minimum absolute atomic E-state index is 0.0357. The smallest absolute Gasteiger partial charge is 0.409 e. The number of hydrogen-bond acceptors (Lipinski definition) is 12. The van der Waals surface area contributed by atoms with Gasteiger partial charge in [-0.05, 0) is 43.0 Å². The standard InChI is InChI=1S/C39H60N2O12/c1-39(2,3)53-37(42)40-13-15-44-17-19-46-21-23-48-25-27-50-29-30-51-28-26-49-24-22-47-20-18-45-16-14-41(4)38(43)52-31-36-34-11-7-5-9-32(34)33-10-6-8-12-35(33)36/h5-12,36H,13-31H2,1-4H3,(H,40,42). The van der Waals surface area contributed by atoms with Crippen molar-refractivity contribution >= 4 is 12.2 Å². The van der Waals surface area contributed by atoms with E-state index in [1.54, 1.807) is 7.05 Å². The Labute approximate surface area is 314 Å². The van der Waals surface area contributed by atoms with Gasteiger partial charge in [0.15, 0.2) is 0 Å². The van der Waals surface area contributed by atoms with Gasteiger partial charge in [-0.25, -0.2) is 9.59 Å². The summed E-state index contributed by atoms with van der Waals surface area (Å²) in [5, 5.41) is 2.63. The van der Waals surface area contributed by atoms with Gasteiger partial charge in [-0.2, -0.15) is 0 Å². The second kappa shape index (κ2) is 26.4. The first-order chi connectivity index (χ1) is 25.8. The fourth-order valence-corrected chi connectivity index (χ4v) is 5.18. The maximum atomic E-state index is 12.6. The summed E-state index contributed by atoms with van der Waals surface area (Å²) in [5.41, 5.74) is 4.27. The van der Waals surface area contributed by atoms with Gasteiger partial charge < -0.3 is 57.6 Å². The van der Waals surface area contributed by atoms with Crippen LogP contribution in [0.25, 0.3) is 11.1 Å². The van der Waals surface area contributed by atoms with Gasteiger partial charge in [0, 0.05) is 26.1 Å². The van der Waals surface area contributed by atoms with Crippen LogP contribution in [0.4, 0.5) is 9.59 Å².